The van der Waals surface area contributed by atoms with Crippen LogP contribution >= 0.6 is 0 Å². The summed E-state index contributed by atoms with van der Waals surface area (Å²) in [6, 6.07) is 0.110. The Balaban J connectivity index is 2.24. The standard InChI is InChI=1S/C15H30N2O2/c1-4-5-6-7-10-16-14(18)12-17-11-8-9-13(17)15(2,3)19/h13,19H,4-12H2,1-3H3,(H,16,18). The molecule has 1 saturated heterocycles. The summed E-state index contributed by atoms with van der Waals surface area (Å²) in [7, 11) is 0. The first-order chi connectivity index (χ1) is 8.95. The van der Waals surface area contributed by atoms with Crippen molar-refractivity contribution >= 4 is 5.91 Å². The van der Waals surface area contributed by atoms with E-state index in [1.54, 1.807) is 0 Å². The summed E-state index contributed by atoms with van der Waals surface area (Å²) in [5.74, 6) is 0.0904. The van der Waals surface area contributed by atoms with E-state index in [4.69, 9.17) is 0 Å². The van der Waals surface area contributed by atoms with Crippen molar-refractivity contribution in [3.63, 3.8) is 0 Å². The van der Waals surface area contributed by atoms with Gasteiger partial charge in [0.2, 0.25) is 5.91 Å². The smallest absolute Gasteiger partial charge is 0.234 e. The van der Waals surface area contributed by atoms with Gasteiger partial charge in [0.1, 0.15) is 0 Å². The topological polar surface area (TPSA) is 52.6 Å². The molecule has 1 atom stereocenters. The van der Waals surface area contributed by atoms with Crippen molar-refractivity contribution in [2.75, 3.05) is 19.6 Å². The molecule has 1 aliphatic rings. The van der Waals surface area contributed by atoms with Crippen molar-refractivity contribution in [2.45, 2.75) is 70.9 Å². The minimum atomic E-state index is -0.724. The monoisotopic (exact) mass is 270 g/mol. The molecular weight excluding hydrogens is 240 g/mol. The molecule has 1 amide bonds. The highest BCUT2D eigenvalue weighted by atomic mass is 16.3. The molecule has 0 aromatic carbocycles. The molecule has 1 unspecified atom stereocenters. The zero-order valence-corrected chi connectivity index (χ0v) is 12.7. The van der Waals surface area contributed by atoms with Crippen molar-refractivity contribution in [1.29, 1.82) is 0 Å². The normalized spacial score (nSPS) is 20.7. The average Bonchev–Trinajstić information content (AvgIpc) is 2.76. The maximum absolute atomic E-state index is 11.9. The van der Waals surface area contributed by atoms with Crippen molar-refractivity contribution < 1.29 is 9.90 Å². The molecule has 1 heterocycles. The number of unbranched alkanes of at least 4 members (excludes halogenated alkanes) is 3. The lowest BCUT2D eigenvalue weighted by Crippen LogP contribution is -2.49. The Morgan fingerprint density at radius 3 is 2.74 bits per heavy atom. The Hall–Kier alpha value is -0.610. The number of rotatable bonds is 8. The minimum Gasteiger partial charge on any atom is -0.389 e. The molecule has 4 heteroatoms. The van der Waals surface area contributed by atoms with Gasteiger partial charge >= 0.3 is 0 Å². The largest absolute Gasteiger partial charge is 0.389 e. The van der Waals surface area contributed by atoms with Crippen LogP contribution in [0.1, 0.15) is 59.3 Å². The number of carbonyl (C=O) groups is 1. The summed E-state index contributed by atoms with van der Waals surface area (Å²) in [6.45, 7) is 7.96. The number of nitrogens with zero attached hydrogens (tertiary/aromatic N) is 1. The van der Waals surface area contributed by atoms with Gasteiger partial charge in [0.05, 0.1) is 12.1 Å². The van der Waals surface area contributed by atoms with Gasteiger partial charge in [0.15, 0.2) is 0 Å². The second kappa shape index (κ2) is 7.85. The van der Waals surface area contributed by atoms with E-state index in [2.05, 4.69) is 17.1 Å². The van der Waals surface area contributed by atoms with Crippen LogP contribution in [0.2, 0.25) is 0 Å². The van der Waals surface area contributed by atoms with E-state index in [1.807, 2.05) is 13.8 Å². The quantitative estimate of drug-likeness (QED) is 0.663. The molecule has 1 aliphatic heterocycles. The van der Waals surface area contributed by atoms with Gasteiger partial charge in [-0.2, -0.15) is 0 Å². The van der Waals surface area contributed by atoms with Gasteiger partial charge in [-0.25, -0.2) is 0 Å². The van der Waals surface area contributed by atoms with Crippen LogP contribution in [-0.2, 0) is 4.79 Å². The first-order valence-corrected chi connectivity index (χ1v) is 7.68. The molecule has 112 valence electrons. The summed E-state index contributed by atoms with van der Waals surface area (Å²) in [6.07, 6.45) is 6.75. The van der Waals surface area contributed by atoms with Crippen LogP contribution in [0.3, 0.4) is 0 Å². The summed E-state index contributed by atoms with van der Waals surface area (Å²) in [4.78, 5) is 14.0. The molecule has 0 aromatic rings. The Morgan fingerprint density at radius 1 is 1.37 bits per heavy atom. The molecule has 4 nitrogen and oxygen atoms in total. The molecular formula is C15H30N2O2. The lowest BCUT2D eigenvalue weighted by Gasteiger charge is -2.33. The molecule has 2 N–H and O–H groups in total. The summed E-state index contributed by atoms with van der Waals surface area (Å²) < 4.78 is 0. The molecule has 0 aliphatic carbocycles. The molecule has 19 heavy (non-hydrogen) atoms. The number of carbonyl (C=O) groups excluding carboxylic acids is 1. The van der Waals surface area contributed by atoms with Crippen molar-refractivity contribution in [3.05, 3.63) is 0 Å². The van der Waals surface area contributed by atoms with E-state index in [-0.39, 0.29) is 11.9 Å². The zero-order valence-electron chi connectivity index (χ0n) is 12.7. The predicted octanol–water partition coefficient (Wildman–Crippen LogP) is 1.92. The molecule has 1 rings (SSSR count). The van der Waals surface area contributed by atoms with E-state index in [9.17, 15) is 9.90 Å². The van der Waals surface area contributed by atoms with E-state index in [0.29, 0.717) is 6.54 Å². The molecule has 0 saturated carbocycles. The Morgan fingerprint density at radius 2 is 2.11 bits per heavy atom. The van der Waals surface area contributed by atoms with Crippen LogP contribution in [0, 0.1) is 0 Å². The predicted molar refractivity (Wildman–Crippen MR) is 78.0 cm³/mol. The fourth-order valence-corrected chi connectivity index (χ4v) is 2.84. The number of likely N-dealkylation sites (tertiary alicyclic amines) is 1. The third kappa shape index (κ3) is 5.91. The van der Waals surface area contributed by atoms with Gasteiger partial charge in [-0.3, -0.25) is 9.69 Å². The Bertz CT molecular complexity index is 274. The minimum absolute atomic E-state index is 0.0904. The van der Waals surface area contributed by atoms with Crippen LogP contribution < -0.4 is 5.32 Å². The van der Waals surface area contributed by atoms with Crippen LogP contribution in [0.15, 0.2) is 0 Å². The second-order valence-electron chi connectivity index (χ2n) is 6.19. The first-order valence-electron chi connectivity index (χ1n) is 7.68. The number of hydrogen-bond acceptors (Lipinski definition) is 3. The SMILES string of the molecule is CCCCCCNC(=O)CN1CCCC1C(C)(C)O. The summed E-state index contributed by atoms with van der Waals surface area (Å²) in [5, 5.41) is 13.1. The van der Waals surface area contributed by atoms with Gasteiger partial charge in [-0.05, 0) is 39.7 Å². The summed E-state index contributed by atoms with van der Waals surface area (Å²) in [5.41, 5.74) is -0.724. The highest BCUT2D eigenvalue weighted by Crippen LogP contribution is 2.26. The molecule has 0 bridgehead atoms. The Labute approximate surface area is 117 Å². The lowest BCUT2D eigenvalue weighted by molar-refractivity contribution is -0.123. The maximum Gasteiger partial charge on any atom is 0.234 e. The van der Waals surface area contributed by atoms with Gasteiger partial charge in [0, 0.05) is 12.6 Å². The fraction of sp³-hybridized carbons (Fsp3) is 0.933. The van der Waals surface area contributed by atoms with Crippen molar-refractivity contribution in [1.82, 2.24) is 10.2 Å². The third-order valence-electron chi connectivity index (χ3n) is 3.88. The number of aliphatic hydroxyl groups is 1. The van der Waals surface area contributed by atoms with Gasteiger partial charge in [-0.15, -0.1) is 0 Å². The van der Waals surface area contributed by atoms with Crippen molar-refractivity contribution in [2.24, 2.45) is 0 Å². The lowest BCUT2D eigenvalue weighted by atomic mass is 9.97. The molecule has 0 aromatic heterocycles. The highest BCUT2D eigenvalue weighted by Gasteiger charge is 2.36. The van der Waals surface area contributed by atoms with Gasteiger partial charge < -0.3 is 10.4 Å². The van der Waals surface area contributed by atoms with E-state index >= 15 is 0 Å². The van der Waals surface area contributed by atoms with Crippen LogP contribution in [0.4, 0.5) is 0 Å². The van der Waals surface area contributed by atoms with Crippen molar-refractivity contribution in [3.8, 4) is 0 Å². The average molecular weight is 270 g/mol. The molecule has 0 radical (unpaired) electrons. The number of hydrogen-bond donors (Lipinski definition) is 2. The maximum atomic E-state index is 11.9. The number of amides is 1. The van der Waals surface area contributed by atoms with Gasteiger partial charge in [0.25, 0.3) is 0 Å². The van der Waals surface area contributed by atoms with E-state index in [0.717, 1.165) is 32.4 Å². The zero-order chi connectivity index (χ0) is 14.3. The molecule has 0 spiro atoms. The highest BCUT2D eigenvalue weighted by molar-refractivity contribution is 5.78. The van der Waals surface area contributed by atoms with E-state index < -0.39 is 5.60 Å². The van der Waals surface area contributed by atoms with Gasteiger partial charge in [-0.1, -0.05) is 26.2 Å². The van der Waals surface area contributed by atoms with E-state index in [1.165, 1.54) is 19.3 Å². The Kier molecular flexibility index (Phi) is 6.80. The fourth-order valence-electron chi connectivity index (χ4n) is 2.84. The third-order valence-corrected chi connectivity index (χ3v) is 3.88. The van der Waals surface area contributed by atoms with Crippen LogP contribution in [0.25, 0.3) is 0 Å². The van der Waals surface area contributed by atoms with Crippen LogP contribution in [-0.4, -0.2) is 47.2 Å². The number of nitrogens with one attached hydrogen (secondary N) is 1. The first kappa shape index (κ1) is 16.4. The molecule has 1 fully saturated rings. The second-order valence-corrected chi connectivity index (χ2v) is 6.19. The van der Waals surface area contributed by atoms with Crippen LogP contribution in [0.5, 0.6) is 0 Å². The summed E-state index contributed by atoms with van der Waals surface area (Å²) >= 11 is 0.